The van der Waals surface area contributed by atoms with Crippen LogP contribution in [0.25, 0.3) is 0 Å². The van der Waals surface area contributed by atoms with Crippen molar-refractivity contribution >= 4 is 10.0 Å². The molecule has 1 aromatic carbocycles. The van der Waals surface area contributed by atoms with E-state index < -0.39 is 10.0 Å². The lowest BCUT2D eigenvalue weighted by Gasteiger charge is -2.33. The average molecular weight is 357 g/mol. The van der Waals surface area contributed by atoms with Crippen LogP contribution in [0.3, 0.4) is 0 Å². The minimum absolute atomic E-state index is 0.112. The van der Waals surface area contributed by atoms with Gasteiger partial charge in [0.25, 0.3) is 0 Å². The van der Waals surface area contributed by atoms with Gasteiger partial charge in [0.2, 0.25) is 10.0 Å². The third kappa shape index (κ3) is 4.27. The van der Waals surface area contributed by atoms with Gasteiger partial charge in [-0.3, -0.25) is 0 Å². The van der Waals surface area contributed by atoms with Gasteiger partial charge in [-0.1, -0.05) is 0 Å². The summed E-state index contributed by atoms with van der Waals surface area (Å²) in [5.74, 6) is 0.668. The SMILES string of the molecule is COc1cc(C)c(S(=O)(=O)N(C)CCCCC2OC(C)O2)c(C)c1. The van der Waals surface area contributed by atoms with Gasteiger partial charge in [0.05, 0.1) is 12.0 Å². The van der Waals surface area contributed by atoms with Crippen LogP contribution in [0.1, 0.15) is 37.3 Å². The number of methoxy groups -OCH3 is 1. The Balaban J connectivity index is 1.96. The van der Waals surface area contributed by atoms with Gasteiger partial charge in [0.1, 0.15) is 5.75 Å². The second-order valence-electron chi connectivity index (χ2n) is 6.18. The molecule has 0 amide bonds. The predicted octanol–water partition coefficient (Wildman–Crippen LogP) is 2.82. The van der Waals surface area contributed by atoms with Crippen molar-refractivity contribution in [2.75, 3.05) is 20.7 Å². The maximum absolute atomic E-state index is 12.8. The molecule has 1 aliphatic heterocycles. The zero-order valence-corrected chi connectivity index (χ0v) is 15.9. The molecule has 0 bridgehead atoms. The average Bonchev–Trinajstić information content (AvgIpc) is 2.47. The minimum atomic E-state index is -3.51. The Morgan fingerprint density at radius 2 is 1.75 bits per heavy atom. The fourth-order valence-corrected chi connectivity index (χ4v) is 4.54. The van der Waals surface area contributed by atoms with Crippen molar-refractivity contribution in [1.29, 1.82) is 0 Å². The van der Waals surface area contributed by atoms with E-state index in [1.807, 2.05) is 6.92 Å². The summed E-state index contributed by atoms with van der Waals surface area (Å²) in [6.07, 6.45) is 2.17. The van der Waals surface area contributed by atoms with Gasteiger partial charge in [0.15, 0.2) is 12.6 Å². The second-order valence-corrected chi connectivity index (χ2v) is 8.16. The molecule has 1 fully saturated rings. The summed E-state index contributed by atoms with van der Waals surface area (Å²) in [5, 5.41) is 0. The van der Waals surface area contributed by atoms with Crippen molar-refractivity contribution in [3.8, 4) is 5.75 Å². The molecular formula is C17H27NO5S. The van der Waals surface area contributed by atoms with Crippen molar-refractivity contribution in [2.24, 2.45) is 0 Å². The van der Waals surface area contributed by atoms with E-state index in [2.05, 4.69) is 0 Å². The number of hydrogen-bond acceptors (Lipinski definition) is 5. The van der Waals surface area contributed by atoms with Crippen molar-refractivity contribution in [1.82, 2.24) is 4.31 Å². The van der Waals surface area contributed by atoms with Gasteiger partial charge < -0.3 is 14.2 Å². The minimum Gasteiger partial charge on any atom is -0.497 e. The number of nitrogens with zero attached hydrogens (tertiary/aromatic N) is 1. The summed E-state index contributed by atoms with van der Waals surface area (Å²) in [6, 6.07) is 3.50. The molecule has 136 valence electrons. The van der Waals surface area contributed by atoms with Crippen LogP contribution < -0.4 is 4.74 Å². The molecule has 2 rings (SSSR count). The standard InChI is InChI=1S/C17H27NO5S/c1-12-10-15(21-5)11-13(2)17(12)24(19,20)18(4)9-7-6-8-16-22-14(3)23-16/h10-11,14,16H,6-9H2,1-5H3. The van der Waals surface area contributed by atoms with Crippen LogP contribution >= 0.6 is 0 Å². The van der Waals surface area contributed by atoms with E-state index in [0.29, 0.717) is 28.3 Å². The van der Waals surface area contributed by atoms with E-state index in [1.165, 1.54) is 4.31 Å². The number of hydrogen-bond donors (Lipinski definition) is 0. The molecular weight excluding hydrogens is 330 g/mol. The Hall–Kier alpha value is -1.15. The fraction of sp³-hybridized carbons (Fsp3) is 0.647. The van der Waals surface area contributed by atoms with Gasteiger partial charge in [-0.2, -0.15) is 0 Å². The lowest BCUT2D eigenvalue weighted by Crippen LogP contribution is -2.38. The van der Waals surface area contributed by atoms with Crippen molar-refractivity contribution in [3.05, 3.63) is 23.3 Å². The fourth-order valence-electron chi connectivity index (χ4n) is 2.93. The molecule has 6 nitrogen and oxygen atoms in total. The summed E-state index contributed by atoms with van der Waals surface area (Å²) in [7, 11) is -0.315. The van der Waals surface area contributed by atoms with Crippen molar-refractivity contribution in [3.63, 3.8) is 0 Å². The lowest BCUT2D eigenvalue weighted by molar-refractivity contribution is -0.377. The molecule has 0 atom stereocenters. The number of aryl methyl sites for hydroxylation is 2. The number of benzene rings is 1. The first-order valence-electron chi connectivity index (χ1n) is 8.18. The van der Waals surface area contributed by atoms with Gasteiger partial charge in [-0.05, 0) is 63.3 Å². The monoisotopic (exact) mass is 357 g/mol. The van der Waals surface area contributed by atoms with Crippen LogP contribution in [-0.4, -0.2) is 46.0 Å². The molecule has 7 heteroatoms. The molecule has 1 heterocycles. The maximum atomic E-state index is 12.8. The first-order valence-corrected chi connectivity index (χ1v) is 9.62. The molecule has 1 aliphatic rings. The summed E-state index contributed by atoms with van der Waals surface area (Å²) in [5.41, 5.74) is 1.40. The normalized spacial score (nSPS) is 20.9. The van der Waals surface area contributed by atoms with Gasteiger partial charge in [0, 0.05) is 13.6 Å². The third-order valence-corrected chi connectivity index (χ3v) is 6.35. The highest BCUT2D eigenvalue weighted by Gasteiger charge is 2.27. The molecule has 0 aromatic heterocycles. The van der Waals surface area contributed by atoms with Crippen LogP contribution in [0.15, 0.2) is 17.0 Å². The number of unbranched alkanes of at least 4 members (excludes halogenated alkanes) is 1. The molecule has 0 spiro atoms. The van der Waals surface area contributed by atoms with Crippen molar-refractivity contribution < 1.29 is 22.6 Å². The Labute approximate surface area is 144 Å². The molecule has 1 aromatic rings. The van der Waals surface area contributed by atoms with E-state index in [-0.39, 0.29) is 12.6 Å². The molecule has 1 saturated heterocycles. The van der Waals surface area contributed by atoms with Crippen LogP contribution in [0.2, 0.25) is 0 Å². The summed E-state index contributed by atoms with van der Waals surface area (Å²) >= 11 is 0. The van der Waals surface area contributed by atoms with Crippen LogP contribution in [-0.2, 0) is 19.5 Å². The molecule has 0 radical (unpaired) electrons. The van der Waals surface area contributed by atoms with Crippen LogP contribution in [0.5, 0.6) is 5.75 Å². The van der Waals surface area contributed by atoms with Gasteiger partial charge >= 0.3 is 0 Å². The Bertz CT molecular complexity index is 645. The Morgan fingerprint density at radius 3 is 2.25 bits per heavy atom. The van der Waals surface area contributed by atoms with Crippen LogP contribution in [0.4, 0.5) is 0 Å². The maximum Gasteiger partial charge on any atom is 0.243 e. The highest BCUT2D eigenvalue weighted by Crippen LogP contribution is 2.28. The van der Waals surface area contributed by atoms with E-state index in [1.54, 1.807) is 40.1 Å². The first-order chi connectivity index (χ1) is 11.3. The Kier molecular flexibility index (Phi) is 6.25. The topological polar surface area (TPSA) is 65.1 Å². The zero-order valence-electron chi connectivity index (χ0n) is 15.0. The quantitative estimate of drug-likeness (QED) is 0.670. The summed E-state index contributed by atoms with van der Waals surface area (Å²) in [6.45, 7) is 5.91. The zero-order chi connectivity index (χ0) is 17.9. The summed E-state index contributed by atoms with van der Waals surface area (Å²) < 4.78 is 43.0. The molecule has 0 saturated carbocycles. The molecule has 0 aliphatic carbocycles. The molecule has 0 N–H and O–H groups in total. The number of ether oxygens (including phenoxy) is 3. The number of sulfonamides is 1. The summed E-state index contributed by atoms with van der Waals surface area (Å²) in [4.78, 5) is 0.366. The van der Waals surface area contributed by atoms with E-state index in [9.17, 15) is 8.42 Å². The lowest BCUT2D eigenvalue weighted by atomic mass is 10.1. The van der Waals surface area contributed by atoms with Crippen LogP contribution in [0, 0.1) is 13.8 Å². The predicted molar refractivity (Wildman–Crippen MR) is 91.6 cm³/mol. The van der Waals surface area contributed by atoms with Gasteiger partial charge in [-0.15, -0.1) is 0 Å². The molecule has 0 unspecified atom stereocenters. The largest absolute Gasteiger partial charge is 0.497 e. The van der Waals surface area contributed by atoms with Crippen molar-refractivity contribution in [2.45, 2.75) is 57.5 Å². The highest BCUT2D eigenvalue weighted by molar-refractivity contribution is 7.89. The first kappa shape index (κ1) is 19.2. The third-order valence-electron chi connectivity index (χ3n) is 4.19. The highest BCUT2D eigenvalue weighted by atomic mass is 32.2. The smallest absolute Gasteiger partial charge is 0.243 e. The number of rotatable bonds is 8. The van der Waals surface area contributed by atoms with E-state index in [4.69, 9.17) is 14.2 Å². The van der Waals surface area contributed by atoms with E-state index in [0.717, 1.165) is 19.3 Å². The molecule has 24 heavy (non-hydrogen) atoms. The van der Waals surface area contributed by atoms with E-state index >= 15 is 0 Å². The van der Waals surface area contributed by atoms with Gasteiger partial charge in [-0.25, -0.2) is 12.7 Å². The Morgan fingerprint density at radius 1 is 1.17 bits per heavy atom. The second kappa shape index (κ2) is 7.82.